The van der Waals surface area contributed by atoms with Crippen molar-refractivity contribution in [2.75, 3.05) is 0 Å². The number of fused-ring (bicyclic) bond motifs is 33. The lowest BCUT2D eigenvalue weighted by Gasteiger charge is -2.01. The maximum absolute atomic E-state index is 6.79. The Bertz CT molecular complexity index is 8330. The van der Waals surface area contributed by atoms with E-state index < -0.39 is 0 Å². The molecule has 0 aliphatic carbocycles. The molecule has 0 radical (unpaired) electrons. The lowest BCUT2D eigenvalue weighted by Crippen LogP contribution is -1.88. The molecule has 108 heavy (non-hydrogen) atoms. The summed E-state index contributed by atoms with van der Waals surface area (Å²) in [6.45, 7) is 0. The van der Waals surface area contributed by atoms with E-state index in [-0.39, 0.29) is 0 Å². The summed E-state index contributed by atoms with van der Waals surface area (Å²) in [4.78, 5) is 30.7. The second kappa shape index (κ2) is 21.4. The fourth-order valence-corrected chi connectivity index (χ4v) is 17.8. The average molecular weight is 1380 g/mol. The van der Waals surface area contributed by atoms with Gasteiger partial charge in [0.25, 0.3) is 0 Å². The van der Waals surface area contributed by atoms with Crippen molar-refractivity contribution in [1.29, 1.82) is 0 Å². The van der Waals surface area contributed by atoms with E-state index in [0.29, 0.717) is 0 Å². The van der Waals surface area contributed by atoms with Crippen LogP contribution in [-0.2, 0) is 0 Å². The number of hydrogen-bond donors (Lipinski definition) is 0. The van der Waals surface area contributed by atoms with Gasteiger partial charge in [-0.05, 0) is 125 Å². The minimum Gasteiger partial charge on any atom is -0.455 e. The highest BCUT2D eigenvalue weighted by Gasteiger charge is 2.30. The Labute approximate surface area is 609 Å². The zero-order chi connectivity index (χ0) is 70.1. The molecular weight excluding hydrogens is 1330 g/mol. The summed E-state index contributed by atoms with van der Waals surface area (Å²) in [5, 5.41) is 17.0. The molecule has 0 unspecified atom stereocenters. The highest BCUT2D eigenvalue weighted by Crippen LogP contribution is 2.50. The molecule has 498 valence electrons. The molecular formula is C96H51N9O3. The summed E-state index contributed by atoms with van der Waals surface area (Å²) in [7, 11) is 0. The Hall–Kier alpha value is -14.9. The Morgan fingerprint density at radius 1 is 0.204 bits per heavy atom. The van der Waals surface area contributed by atoms with Gasteiger partial charge in [-0.3, -0.25) is 13.2 Å². The van der Waals surface area contributed by atoms with Crippen LogP contribution in [0.4, 0.5) is 0 Å². The van der Waals surface area contributed by atoms with E-state index in [4.69, 9.17) is 43.2 Å². The number of rotatable bonds is 3. The van der Waals surface area contributed by atoms with Gasteiger partial charge in [0.1, 0.15) is 50.0 Å². The standard InChI is InChI=1S/3C32H17N3O/c1-2-9-18(10-3-1)19-12-8-13-21-23-17-22-20-11-4-7-16-26(20)35-29(22)27(31(23)36-30(19)21)28-32(35)34-25-15-6-5-14-24(25)33-28;1-2-8-18(9-3-1)19-14-15-27-21(16-19)23-17-22-20-10-4-7-13-26(20)35-30(22)28(31(23)36-27)29-32(35)34-25-12-6-5-11-24(25)33-29;1-2-8-18(9-3-1)19-14-15-21-23-17-22-20-10-4-7-13-26(20)35-30(22)28(31(23)36-27(21)16-19)29-32(35)34-25-12-6-5-11-24(25)33-29/h3*1-17H. The van der Waals surface area contributed by atoms with Crippen molar-refractivity contribution in [3.05, 3.63) is 309 Å². The van der Waals surface area contributed by atoms with E-state index in [9.17, 15) is 0 Å². The third-order valence-electron chi connectivity index (χ3n) is 22.5. The summed E-state index contributed by atoms with van der Waals surface area (Å²) in [5.41, 5.74) is 29.6. The molecule has 0 fully saturated rings. The first-order chi connectivity index (χ1) is 53.6. The number of nitrogens with zero attached hydrogens (tertiary/aromatic N) is 9. The van der Waals surface area contributed by atoms with Gasteiger partial charge in [0, 0.05) is 70.2 Å². The van der Waals surface area contributed by atoms with Crippen LogP contribution in [-0.4, -0.2) is 43.1 Å². The molecule has 27 aromatic rings. The van der Waals surface area contributed by atoms with Crippen molar-refractivity contribution in [2.24, 2.45) is 0 Å². The van der Waals surface area contributed by atoms with Gasteiger partial charge in [0.15, 0.2) is 16.9 Å². The molecule has 27 rings (SSSR count). The third-order valence-corrected chi connectivity index (χ3v) is 22.5. The molecule has 0 aliphatic rings. The molecule has 0 saturated carbocycles. The molecule has 0 N–H and O–H groups in total. The molecule has 0 saturated heterocycles. The molecule has 0 spiro atoms. The molecule has 0 amide bonds. The van der Waals surface area contributed by atoms with Gasteiger partial charge >= 0.3 is 0 Å². The van der Waals surface area contributed by atoms with Crippen LogP contribution in [0.3, 0.4) is 0 Å². The summed E-state index contributed by atoms with van der Waals surface area (Å²) in [6, 6.07) is 107. The topological polar surface area (TPSA) is 130 Å². The lowest BCUT2D eigenvalue weighted by molar-refractivity contribution is 0.672. The van der Waals surface area contributed by atoms with Crippen molar-refractivity contribution in [1.82, 2.24) is 43.1 Å². The third kappa shape index (κ3) is 7.85. The first-order valence-corrected chi connectivity index (χ1v) is 36.3. The van der Waals surface area contributed by atoms with Gasteiger partial charge in [-0.1, -0.05) is 212 Å². The second-order valence-corrected chi connectivity index (χ2v) is 28.3. The SMILES string of the molecule is c1ccc(-c2ccc3c(c2)oc2c3cc3c4ccccc4n4c5nc6ccccc6nc5c2c34)cc1.c1ccc(-c2ccc3oc4c(cc5c6ccccc6n6c7nc8ccccc8nc7c4c56)c3c2)cc1.c1ccc(-c2cccc3c2oc2c3cc3c4ccccc4n4c5nc6ccccc6nc5c2c34)cc1. The molecule has 0 bridgehead atoms. The molecule has 12 nitrogen and oxygen atoms in total. The van der Waals surface area contributed by atoms with Gasteiger partial charge in [-0.25, -0.2) is 29.9 Å². The maximum atomic E-state index is 6.79. The quantitative estimate of drug-likeness (QED) is 0.170. The van der Waals surface area contributed by atoms with Crippen LogP contribution in [0.5, 0.6) is 0 Å². The molecule has 0 atom stereocenters. The molecule has 12 heteroatoms. The van der Waals surface area contributed by atoms with Crippen molar-refractivity contribution in [3.63, 3.8) is 0 Å². The monoisotopic (exact) mass is 1380 g/mol. The van der Waals surface area contributed by atoms with Crippen molar-refractivity contribution >= 4 is 214 Å². The fourth-order valence-electron chi connectivity index (χ4n) is 17.8. The van der Waals surface area contributed by atoms with Crippen molar-refractivity contribution in [3.8, 4) is 33.4 Å². The van der Waals surface area contributed by atoms with Crippen molar-refractivity contribution < 1.29 is 13.3 Å². The zero-order valence-corrected chi connectivity index (χ0v) is 57.2. The summed E-state index contributed by atoms with van der Waals surface area (Å²) in [6.07, 6.45) is 0. The number of aromatic nitrogens is 9. The number of furan rings is 3. The van der Waals surface area contributed by atoms with Gasteiger partial charge in [0.2, 0.25) is 0 Å². The van der Waals surface area contributed by atoms with Crippen LogP contribution in [0, 0.1) is 0 Å². The van der Waals surface area contributed by atoms with Gasteiger partial charge in [-0.15, -0.1) is 0 Å². The highest BCUT2D eigenvalue weighted by atomic mass is 16.3. The van der Waals surface area contributed by atoms with Crippen LogP contribution >= 0.6 is 0 Å². The predicted octanol–water partition coefficient (Wildman–Crippen LogP) is 25.0. The predicted molar refractivity (Wildman–Crippen MR) is 441 cm³/mol. The molecule has 12 heterocycles. The largest absolute Gasteiger partial charge is 0.455 e. The highest BCUT2D eigenvalue weighted by molar-refractivity contribution is 6.36. The van der Waals surface area contributed by atoms with E-state index in [2.05, 4.69) is 232 Å². The minimum atomic E-state index is 0.867. The summed E-state index contributed by atoms with van der Waals surface area (Å²) in [5.74, 6) is 0. The van der Waals surface area contributed by atoms with E-state index in [1.54, 1.807) is 0 Å². The smallest absolute Gasteiger partial charge is 0.165 e. The van der Waals surface area contributed by atoms with Crippen LogP contribution in [0.15, 0.2) is 323 Å². The summed E-state index contributed by atoms with van der Waals surface area (Å²) < 4.78 is 26.8. The minimum absolute atomic E-state index is 0.867. The van der Waals surface area contributed by atoms with Crippen molar-refractivity contribution in [2.45, 2.75) is 0 Å². The molecule has 0 aliphatic heterocycles. The number of hydrogen-bond acceptors (Lipinski definition) is 9. The van der Waals surface area contributed by atoms with Crippen LogP contribution in [0.1, 0.15) is 0 Å². The van der Waals surface area contributed by atoms with E-state index in [1.807, 2.05) is 91.0 Å². The first kappa shape index (κ1) is 57.6. The van der Waals surface area contributed by atoms with Crippen LogP contribution < -0.4 is 0 Å². The fraction of sp³-hybridized carbons (Fsp3) is 0. The Kier molecular flexibility index (Phi) is 11.4. The van der Waals surface area contributed by atoms with Crippen LogP contribution in [0.2, 0.25) is 0 Å². The lowest BCUT2D eigenvalue weighted by atomic mass is 10.0. The van der Waals surface area contributed by atoms with Crippen LogP contribution in [0.25, 0.3) is 247 Å². The number of benzene rings is 15. The Morgan fingerprint density at radius 3 is 1.04 bits per heavy atom. The van der Waals surface area contributed by atoms with E-state index in [0.717, 1.165) is 198 Å². The van der Waals surface area contributed by atoms with Gasteiger partial charge in [-0.2, -0.15) is 0 Å². The maximum Gasteiger partial charge on any atom is 0.165 e. The normalized spacial score (nSPS) is 12.4. The summed E-state index contributed by atoms with van der Waals surface area (Å²) >= 11 is 0. The molecule has 15 aromatic carbocycles. The molecule has 12 aromatic heterocycles. The van der Waals surface area contributed by atoms with E-state index >= 15 is 0 Å². The van der Waals surface area contributed by atoms with Gasteiger partial charge < -0.3 is 13.3 Å². The Balaban J connectivity index is 0.0000000931. The second-order valence-electron chi connectivity index (χ2n) is 28.3. The first-order valence-electron chi connectivity index (χ1n) is 36.3. The number of para-hydroxylation sites is 10. The zero-order valence-electron chi connectivity index (χ0n) is 57.2. The van der Waals surface area contributed by atoms with E-state index in [1.165, 1.54) is 49.0 Å². The Morgan fingerprint density at radius 2 is 0.565 bits per heavy atom. The van der Waals surface area contributed by atoms with Gasteiger partial charge in [0.05, 0.1) is 82.4 Å². The average Bonchev–Trinajstić information content (AvgIpc) is 1.53.